The van der Waals surface area contributed by atoms with Crippen LogP contribution < -0.4 is 10.3 Å². The largest absolute Gasteiger partial charge is 0.488 e. The highest BCUT2D eigenvalue weighted by Crippen LogP contribution is 2.30. The Kier molecular flexibility index (Phi) is 4.56. The molecule has 1 aromatic carbocycles. The third kappa shape index (κ3) is 2.98. The molecule has 0 amide bonds. The molecule has 0 bridgehead atoms. The third-order valence-corrected chi connectivity index (χ3v) is 3.04. The quantitative estimate of drug-likeness (QED) is 0.942. The Balaban J connectivity index is 2.61. The van der Waals surface area contributed by atoms with Crippen molar-refractivity contribution in [2.75, 3.05) is 6.61 Å². The summed E-state index contributed by atoms with van der Waals surface area (Å²) in [4.78, 5) is 14.2. The predicted molar refractivity (Wildman–Crippen MR) is 77.7 cm³/mol. The third-order valence-electron chi connectivity index (χ3n) is 3.04. The SMILES string of the molecule is CCCOc1c(F)cc(-c2cc(C)[nH]c(=O)c2C#N)cc1F. The van der Waals surface area contributed by atoms with Crippen LogP contribution in [0.1, 0.15) is 24.6 Å². The minimum atomic E-state index is -0.870. The van der Waals surface area contributed by atoms with Gasteiger partial charge in [0.2, 0.25) is 0 Å². The van der Waals surface area contributed by atoms with Crippen molar-refractivity contribution in [2.24, 2.45) is 0 Å². The van der Waals surface area contributed by atoms with Gasteiger partial charge in [-0.05, 0) is 37.1 Å². The van der Waals surface area contributed by atoms with Gasteiger partial charge in [0, 0.05) is 11.3 Å². The van der Waals surface area contributed by atoms with Crippen LogP contribution >= 0.6 is 0 Å². The van der Waals surface area contributed by atoms with E-state index < -0.39 is 22.9 Å². The number of nitrogens with one attached hydrogen (secondary N) is 1. The van der Waals surface area contributed by atoms with Crippen LogP contribution in [0.3, 0.4) is 0 Å². The highest BCUT2D eigenvalue weighted by molar-refractivity contribution is 5.71. The lowest BCUT2D eigenvalue weighted by molar-refractivity contribution is 0.285. The molecule has 0 saturated carbocycles. The summed E-state index contributed by atoms with van der Waals surface area (Å²) >= 11 is 0. The predicted octanol–water partition coefficient (Wildman–Crippen LogP) is 3.29. The van der Waals surface area contributed by atoms with Gasteiger partial charge >= 0.3 is 0 Å². The Bertz CT molecular complexity index is 784. The lowest BCUT2D eigenvalue weighted by Crippen LogP contribution is -2.13. The smallest absolute Gasteiger partial charge is 0.266 e. The second-order valence-corrected chi connectivity index (χ2v) is 4.80. The van der Waals surface area contributed by atoms with Crippen molar-refractivity contribution in [3.05, 3.63) is 51.4 Å². The molecule has 22 heavy (non-hydrogen) atoms. The zero-order valence-electron chi connectivity index (χ0n) is 12.2. The molecule has 4 nitrogen and oxygen atoms in total. The maximum absolute atomic E-state index is 14.0. The van der Waals surface area contributed by atoms with Gasteiger partial charge in [0.05, 0.1) is 6.61 Å². The summed E-state index contributed by atoms with van der Waals surface area (Å²) in [5.41, 5.74) is 0.00979. The zero-order valence-corrected chi connectivity index (χ0v) is 12.2. The van der Waals surface area contributed by atoms with E-state index in [1.54, 1.807) is 13.0 Å². The fraction of sp³-hybridized carbons (Fsp3) is 0.250. The molecule has 1 heterocycles. The van der Waals surface area contributed by atoms with Crippen molar-refractivity contribution >= 4 is 0 Å². The molecule has 0 aliphatic carbocycles. The van der Waals surface area contributed by atoms with Gasteiger partial charge in [-0.2, -0.15) is 5.26 Å². The number of aromatic amines is 1. The van der Waals surface area contributed by atoms with Crippen molar-refractivity contribution in [2.45, 2.75) is 20.3 Å². The Morgan fingerprint density at radius 3 is 2.45 bits per heavy atom. The number of aryl methyl sites for hydroxylation is 1. The molecule has 1 N–H and O–H groups in total. The summed E-state index contributed by atoms with van der Waals surface area (Å²) in [6.07, 6.45) is 0.618. The molecule has 0 radical (unpaired) electrons. The number of halogens is 2. The number of aromatic nitrogens is 1. The topological polar surface area (TPSA) is 65.9 Å². The van der Waals surface area contributed by atoms with Crippen LogP contribution in [0.25, 0.3) is 11.1 Å². The monoisotopic (exact) mass is 304 g/mol. The summed E-state index contributed by atoms with van der Waals surface area (Å²) in [5, 5.41) is 9.08. The molecule has 114 valence electrons. The second-order valence-electron chi connectivity index (χ2n) is 4.80. The van der Waals surface area contributed by atoms with Crippen molar-refractivity contribution in [1.29, 1.82) is 5.26 Å². The molecular weight excluding hydrogens is 290 g/mol. The molecule has 2 rings (SSSR count). The first kappa shape index (κ1) is 15.7. The number of benzene rings is 1. The molecule has 2 aromatic rings. The summed E-state index contributed by atoms with van der Waals surface area (Å²) in [6.45, 7) is 3.64. The van der Waals surface area contributed by atoms with E-state index >= 15 is 0 Å². The van der Waals surface area contributed by atoms with Crippen LogP contribution in [0.2, 0.25) is 0 Å². The van der Waals surface area contributed by atoms with Gasteiger partial charge in [0.25, 0.3) is 5.56 Å². The van der Waals surface area contributed by atoms with Gasteiger partial charge in [0.15, 0.2) is 17.4 Å². The zero-order chi connectivity index (χ0) is 16.3. The Labute approximate surface area is 126 Å². The van der Waals surface area contributed by atoms with Gasteiger partial charge < -0.3 is 9.72 Å². The van der Waals surface area contributed by atoms with E-state index in [0.717, 1.165) is 12.1 Å². The number of nitrogens with zero attached hydrogens (tertiary/aromatic N) is 1. The van der Waals surface area contributed by atoms with Crippen LogP contribution in [0.5, 0.6) is 5.75 Å². The lowest BCUT2D eigenvalue weighted by atomic mass is 10.0. The number of nitriles is 1. The highest BCUT2D eigenvalue weighted by Gasteiger charge is 2.17. The molecule has 6 heteroatoms. The summed E-state index contributed by atoms with van der Waals surface area (Å²) in [5.74, 6) is -2.19. The first-order valence-electron chi connectivity index (χ1n) is 6.74. The van der Waals surface area contributed by atoms with Crippen molar-refractivity contribution in [3.8, 4) is 22.9 Å². The Hall–Kier alpha value is -2.68. The summed E-state index contributed by atoms with van der Waals surface area (Å²) in [6, 6.07) is 5.38. The lowest BCUT2D eigenvalue weighted by Gasteiger charge is -2.10. The molecule has 1 aromatic heterocycles. The first-order chi connectivity index (χ1) is 10.5. The van der Waals surface area contributed by atoms with Crippen molar-refractivity contribution in [1.82, 2.24) is 4.98 Å². The second kappa shape index (κ2) is 6.39. The van der Waals surface area contributed by atoms with Gasteiger partial charge in [0.1, 0.15) is 11.6 Å². The number of rotatable bonds is 4. The van der Waals surface area contributed by atoms with E-state index in [4.69, 9.17) is 10.00 Å². The minimum absolute atomic E-state index is 0.115. The molecule has 0 spiro atoms. The van der Waals surface area contributed by atoms with Crippen LogP contribution in [-0.2, 0) is 0 Å². The maximum Gasteiger partial charge on any atom is 0.266 e. The number of hydrogen-bond donors (Lipinski definition) is 1. The highest BCUT2D eigenvalue weighted by atomic mass is 19.1. The Morgan fingerprint density at radius 2 is 1.91 bits per heavy atom. The van der Waals surface area contributed by atoms with Crippen LogP contribution in [0, 0.1) is 29.9 Å². The van der Waals surface area contributed by atoms with Crippen molar-refractivity contribution in [3.63, 3.8) is 0 Å². The van der Waals surface area contributed by atoms with E-state index in [2.05, 4.69) is 4.98 Å². The van der Waals surface area contributed by atoms with E-state index in [0.29, 0.717) is 12.1 Å². The van der Waals surface area contributed by atoms with Crippen molar-refractivity contribution < 1.29 is 13.5 Å². The standard InChI is InChI=1S/C16H14F2N2O2/c1-3-4-22-15-13(17)6-10(7-14(15)18)11-5-9(2)20-16(21)12(11)8-19/h5-7H,3-4H2,1-2H3,(H,20,21). The normalized spacial score (nSPS) is 10.3. The van der Waals surface area contributed by atoms with E-state index in [-0.39, 0.29) is 23.3 Å². The Morgan fingerprint density at radius 1 is 1.27 bits per heavy atom. The van der Waals surface area contributed by atoms with E-state index in [1.807, 2.05) is 6.92 Å². The van der Waals surface area contributed by atoms with E-state index in [1.165, 1.54) is 6.07 Å². The van der Waals surface area contributed by atoms with Crippen LogP contribution in [0.15, 0.2) is 23.0 Å². The molecule has 0 aliphatic heterocycles. The minimum Gasteiger partial charge on any atom is -0.488 e. The number of hydrogen-bond acceptors (Lipinski definition) is 3. The molecule has 0 aliphatic rings. The average Bonchev–Trinajstić information content (AvgIpc) is 2.45. The number of H-pyrrole nitrogens is 1. The number of ether oxygens (including phenoxy) is 1. The van der Waals surface area contributed by atoms with E-state index in [9.17, 15) is 13.6 Å². The molecule has 0 atom stereocenters. The summed E-state index contributed by atoms with van der Waals surface area (Å²) in [7, 11) is 0. The van der Waals surface area contributed by atoms with Gasteiger partial charge in [-0.15, -0.1) is 0 Å². The first-order valence-corrected chi connectivity index (χ1v) is 6.74. The fourth-order valence-corrected chi connectivity index (χ4v) is 2.08. The average molecular weight is 304 g/mol. The molecule has 0 fully saturated rings. The summed E-state index contributed by atoms with van der Waals surface area (Å²) < 4.78 is 33.1. The van der Waals surface area contributed by atoms with Crippen LogP contribution in [-0.4, -0.2) is 11.6 Å². The molecule has 0 saturated heterocycles. The van der Waals surface area contributed by atoms with Gasteiger partial charge in [-0.25, -0.2) is 8.78 Å². The van der Waals surface area contributed by atoms with Crippen LogP contribution in [0.4, 0.5) is 8.78 Å². The van der Waals surface area contributed by atoms with Gasteiger partial charge in [-0.3, -0.25) is 4.79 Å². The number of pyridine rings is 1. The fourth-order valence-electron chi connectivity index (χ4n) is 2.08. The van der Waals surface area contributed by atoms with Gasteiger partial charge in [-0.1, -0.05) is 6.92 Å². The molecular formula is C16H14F2N2O2. The molecule has 0 unspecified atom stereocenters. The maximum atomic E-state index is 14.0.